The largest absolute Gasteiger partial charge is 0.436 e. The zero-order chi connectivity index (χ0) is 32.2. The Balaban J connectivity index is 1.41. The molecule has 2 aliphatic heterocycles. The van der Waals surface area contributed by atoms with E-state index in [1.807, 2.05) is 30.3 Å². The molecule has 0 aliphatic carbocycles. The Bertz CT molecular complexity index is 1610. The van der Waals surface area contributed by atoms with E-state index in [2.05, 4.69) is 10.6 Å². The molecule has 45 heavy (non-hydrogen) atoms. The summed E-state index contributed by atoms with van der Waals surface area (Å²) in [5, 5.41) is 5.55. The van der Waals surface area contributed by atoms with E-state index in [9.17, 15) is 18.9 Å². The summed E-state index contributed by atoms with van der Waals surface area (Å²) < 4.78 is 45.0. The zero-order valence-corrected chi connectivity index (χ0v) is 26.5. The fourth-order valence-electron chi connectivity index (χ4n) is 5.80. The molecule has 2 N–H and O–H groups in total. The van der Waals surface area contributed by atoms with Gasteiger partial charge in [-0.25, -0.2) is 9.18 Å². The molecule has 0 unspecified atom stereocenters. The molecule has 13 heteroatoms. The van der Waals surface area contributed by atoms with Crippen molar-refractivity contribution >= 4 is 48.1 Å². The van der Waals surface area contributed by atoms with E-state index in [-0.39, 0.29) is 54.4 Å². The van der Waals surface area contributed by atoms with Crippen molar-refractivity contribution in [2.45, 2.75) is 44.8 Å². The summed E-state index contributed by atoms with van der Waals surface area (Å²) in [6.45, 7) is 3.97. The lowest BCUT2D eigenvalue weighted by Crippen LogP contribution is -2.57. The molecule has 3 aromatic rings. The quantitative estimate of drug-likeness (QED) is 0.265. The Morgan fingerprint density at radius 1 is 1.09 bits per heavy atom. The first-order valence-corrected chi connectivity index (χ1v) is 16.6. The molecule has 0 saturated carbocycles. The van der Waals surface area contributed by atoms with E-state index in [1.54, 1.807) is 13.8 Å². The topological polar surface area (TPSA) is 123 Å². The van der Waals surface area contributed by atoms with E-state index in [1.165, 1.54) is 41.3 Å². The normalized spacial score (nSPS) is 18.5. The van der Waals surface area contributed by atoms with Gasteiger partial charge in [-0.1, -0.05) is 41.9 Å². The van der Waals surface area contributed by atoms with Crippen LogP contribution in [-0.4, -0.2) is 55.2 Å². The number of piperidine rings is 1. The standard InChI is InChI=1S/C32H34ClFN3O7P/c1-3-42-45(41,43-4-2)23-13-11-22(12-14-23)29(38)35-26(19-21-9-6-5-7-10-21)30(39)37-18-8-17-32(20-37)27-25(36-31(40)44-32)16-15-24(33)28(27)34/h5-7,9-16,26H,3-4,8,17-20H2,1-2H3,(H,35,38)(H,36,40)/t26-,32+/m1/s1. The summed E-state index contributed by atoms with van der Waals surface area (Å²) in [4.78, 5) is 41.6. The third-order valence-corrected chi connectivity index (χ3v) is 10.2. The summed E-state index contributed by atoms with van der Waals surface area (Å²) in [6, 6.07) is 17.1. The molecule has 5 rings (SSSR count). The first-order valence-electron chi connectivity index (χ1n) is 14.7. The molecular formula is C32H34ClFN3O7P. The first-order chi connectivity index (χ1) is 21.6. The molecule has 2 heterocycles. The fraction of sp³-hybridized carbons (Fsp3) is 0.344. The van der Waals surface area contributed by atoms with E-state index in [0.717, 1.165) is 5.56 Å². The smallest absolute Gasteiger partial charge is 0.412 e. The molecule has 3 amide bonds. The molecule has 1 saturated heterocycles. The average molecular weight is 658 g/mol. The Morgan fingerprint density at radius 2 is 1.78 bits per heavy atom. The maximum absolute atomic E-state index is 15.4. The second-order valence-corrected chi connectivity index (χ2v) is 13.2. The summed E-state index contributed by atoms with van der Waals surface area (Å²) in [5.74, 6) is -1.67. The number of hydrogen-bond donors (Lipinski definition) is 2. The van der Waals surface area contributed by atoms with Crippen LogP contribution in [0.4, 0.5) is 14.9 Å². The van der Waals surface area contributed by atoms with Crippen LogP contribution in [0.25, 0.3) is 0 Å². The fourth-order valence-corrected chi connectivity index (χ4v) is 7.52. The van der Waals surface area contributed by atoms with Crippen LogP contribution in [0, 0.1) is 5.82 Å². The van der Waals surface area contributed by atoms with Crippen molar-refractivity contribution in [1.29, 1.82) is 0 Å². The van der Waals surface area contributed by atoms with Gasteiger partial charge in [-0.15, -0.1) is 0 Å². The lowest BCUT2D eigenvalue weighted by atomic mass is 9.82. The molecule has 0 bridgehead atoms. The van der Waals surface area contributed by atoms with Crippen molar-refractivity contribution in [3.05, 3.63) is 94.3 Å². The van der Waals surface area contributed by atoms with Gasteiger partial charge in [0.25, 0.3) is 5.91 Å². The zero-order valence-electron chi connectivity index (χ0n) is 24.9. The van der Waals surface area contributed by atoms with Crippen LogP contribution in [0.5, 0.6) is 0 Å². The minimum atomic E-state index is -3.55. The molecule has 0 radical (unpaired) electrons. The number of halogens is 2. The van der Waals surface area contributed by atoms with Crippen LogP contribution in [0.1, 0.15) is 48.2 Å². The van der Waals surface area contributed by atoms with Gasteiger partial charge in [0.1, 0.15) is 6.04 Å². The van der Waals surface area contributed by atoms with E-state index in [0.29, 0.717) is 18.3 Å². The molecule has 1 spiro atoms. The van der Waals surface area contributed by atoms with Gasteiger partial charge in [0.15, 0.2) is 11.4 Å². The number of amides is 3. The van der Waals surface area contributed by atoms with Crippen molar-refractivity contribution in [1.82, 2.24) is 10.2 Å². The lowest BCUT2D eigenvalue weighted by Gasteiger charge is -2.45. The predicted molar refractivity (Wildman–Crippen MR) is 167 cm³/mol. The first kappa shape index (κ1) is 32.6. The van der Waals surface area contributed by atoms with Gasteiger partial charge in [0.2, 0.25) is 5.91 Å². The molecule has 3 aromatic carbocycles. The number of ether oxygens (including phenoxy) is 1. The minimum Gasteiger partial charge on any atom is -0.436 e. The Kier molecular flexibility index (Phi) is 9.94. The number of nitrogens with zero attached hydrogens (tertiary/aromatic N) is 1. The van der Waals surface area contributed by atoms with E-state index < -0.39 is 43.0 Å². The maximum Gasteiger partial charge on any atom is 0.412 e. The number of anilines is 1. The SMILES string of the molecule is CCOP(=O)(OCC)c1ccc(C(=O)N[C@H](Cc2ccccc2)C(=O)N2CCC[C@@]3(C2)OC(=O)Nc2ccc(Cl)c(F)c23)cc1. The third kappa shape index (κ3) is 6.92. The van der Waals surface area contributed by atoms with Crippen LogP contribution in [0.2, 0.25) is 5.02 Å². The Hall–Kier alpha value is -3.76. The second-order valence-electron chi connectivity index (χ2n) is 10.8. The van der Waals surface area contributed by atoms with Gasteiger partial charge in [-0.05, 0) is 68.7 Å². The molecule has 2 aliphatic rings. The van der Waals surface area contributed by atoms with E-state index >= 15 is 4.39 Å². The number of fused-ring (bicyclic) bond motifs is 2. The van der Waals surface area contributed by atoms with Gasteiger partial charge < -0.3 is 24.0 Å². The van der Waals surface area contributed by atoms with Crippen LogP contribution < -0.4 is 15.9 Å². The molecule has 2 atom stereocenters. The molecular weight excluding hydrogens is 624 g/mol. The van der Waals surface area contributed by atoms with Gasteiger partial charge in [-0.3, -0.25) is 19.5 Å². The number of benzene rings is 3. The number of carbonyl (C=O) groups is 3. The highest BCUT2D eigenvalue weighted by molar-refractivity contribution is 7.62. The predicted octanol–water partition coefficient (Wildman–Crippen LogP) is 5.79. The summed E-state index contributed by atoms with van der Waals surface area (Å²) in [7, 11) is -3.55. The highest BCUT2D eigenvalue weighted by Gasteiger charge is 2.49. The summed E-state index contributed by atoms with van der Waals surface area (Å²) in [5.41, 5.74) is -0.0843. The Morgan fingerprint density at radius 3 is 2.44 bits per heavy atom. The van der Waals surface area contributed by atoms with Crippen LogP contribution in [-0.2, 0) is 35.2 Å². The number of carbonyl (C=O) groups excluding carboxylic acids is 3. The van der Waals surface area contributed by atoms with Crippen molar-refractivity contribution in [3.63, 3.8) is 0 Å². The molecule has 238 valence electrons. The van der Waals surface area contributed by atoms with Gasteiger partial charge >= 0.3 is 13.7 Å². The maximum atomic E-state index is 15.4. The van der Waals surface area contributed by atoms with Crippen LogP contribution >= 0.6 is 19.2 Å². The number of likely N-dealkylation sites (tertiary alicyclic amines) is 1. The summed E-state index contributed by atoms with van der Waals surface area (Å²) >= 11 is 6.10. The second kappa shape index (κ2) is 13.7. The van der Waals surface area contributed by atoms with Crippen LogP contribution in [0.3, 0.4) is 0 Å². The average Bonchev–Trinajstić information content (AvgIpc) is 3.03. The van der Waals surface area contributed by atoms with Gasteiger partial charge in [0.05, 0.1) is 41.3 Å². The van der Waals surface area contributed by atoms with Crippen molar-refractivity contribution in [3.8, 4) is 0 Å². The van der Waals surface area contributed by atoms with Gasteiger partial charge in [0, 0.05) is 18.5 Å². The van der Waals surface area contributed by atoms with Crippen molar-refractivity contribution in [2.24, 2.45) is 0 Å². The van der Waals surface area contributed by atoms with Crippen molar-refractivity contribution < 1.29 is 37.1 Å². The Labute approximate surface area is 265 Å². The number of nitrogens with one attached hydrogen (secondary N) is 2. The van der Waals surface area contributed by atoms with Crippen LogP contribution in [0.15, 0.2) is 66.7 Å². The highest BCUT2D eigenvalue weighted by Crippen LogP contribution is 2.47. The molecule has 0 aromatic heterocycles. The lowest BCUT2D eigenvalue weighted by molar-refractivity contribution is -0.141. The molecule has 10 nitrogen and oxygen atoms in total. The third-order valence-electron chi connectivity index (χ3n) is 7.77. The summed E-state index contributed by atoms with van der Waals surface area (Å²) in [6.07, 6.45) is 0.116. The van der Waals surface area contributed by atoms with E-state index in [4.69, 9.17) is 25.4 Å². The van der Waals surface area contributed by atoms with Crippen molar-refractivity contribution in [2.75, 3.05) is 31.6 Å². The highest BCUT2D eigenvalue weighted by atomic mass is 35.5. The van der Waals surface area contributed by atoms with Gasteiger partial charge in [-0.2, -0.15) is 0 Å². The number of rotatable bonds is 10. The number of hydrogen-bond acceptors (Lipinski definition) is 7. The molecule has 1 fully saturated rings. The minimum absolute atomic E-state index is 0.0900. The monoisotopic (exact) mass is 657 g/mol.